The SMILES string of the molecule is CCOC(=O)c1ccc(N2C(=O)C(=O)/C(=C(/O)c3ccc(Cl)cc3)[C@@H]2c2ccc(OC)cc2)cc1. The van der Waals surface area contributed by atoms with E-state index in [-0.39, 0.29) is 17.9 Å². The zero-order valence-corrected chi connectivity index (χ0v) is 19.8. The second-order valence-corrected chi connectivity index (χ2v) is 8.15. The van der Waals surface area contributed by atoms with Crippen LogP contribution >= 0.6 is 11.6 Å². The second kappa shape index (κ2) is 10.0. The number of Topliss-reactive ketones (excluding diaryl/α,β-unsaturated/α-hetero) is 1. The normalized spacial score (nSPS) is 16.9. The second-order valence-electron chi connectivity index (χ2n) is 7.72. The number of benzene rings is 3. The van der Waals surface area contributed by atoms with Crippen molar-refractivity contribution in [1.82, 2.24) is 0 Å². The molecule has 1 amide bonds. The van der Waals surface area contributed by atoms with Gasteiger partial charge in [-0.25, -0.2) is 4.79 Å². The van der Waals surface area contributed by atoms with Crippen LogP contribution in [0.15, 0.2) is 78.4 Å². The summed E-state index contributed by atoms with van der Waals surface area (Å²) in [5.74, 6) is -1.83. The first-order valence-corrected chi connectivity index (χ1v) is 11.2. The maximum atomic E-state index is 13.2. The molecule has 1 N–H and O–H groups in total. The van der Waals surface area contributed by atoms with Crippen molar-refractivity contribution in [2.45, 2.75) is 13.0 Å². The maximum Gasteiger partial charge on any atom is 0.338 e. The van der Waals surface area contributed by atoms with Gasteiger partial charge < -0.3 is 14.6 Å². The number of rotatable bonds is 6. The van der Waals surface area contributed by atoms with Gasteiger partial charge in [0.2, 0.25) is 0 Å². The van der Waals surface area contributed by atoms with Gasteiger partial charge in [-0.05, 0) is 73.2 Å². The average molecular weight is 492 g/mol. The predicted molar refractivity (Wildman–Crippen MR) is 132 cm³/mol. The number of aliphatic hydroxyl groups is 1. The minimum absolute atomic E-state index is 0.0584. The van der Waals surface area contributed by atoms with E-state index in [9.17, 15) is 19.5 Å². The van der Waals surface area contributed by atoms with E-state index in [0.29, 0.717) is 33.1 Å². The minimum atomic E-state index is -0.912. The standard InChI is InChI=1S/C27H22ClNO6/c1-3-35-27(33)18-6-12-20(13-7-18)29-23(16-8-14-21(34-2)15-9-16)22(25(31)26(29)32)24(30)17-4-10-19(28)11-5-17/h4-15,23,30H,3H2,1-2H3/b24-22+/t23-/m0/s1. The van der Waals surface area contributed by atoms with E-state index in [1.165, 1.54) is 24.1 Å². The van der Waals surface area contributed by atoms with Crippen molar-refractivity contribution >= 4 is 40.7 Å². The molecule has 0 radical (unpaired) electrons. The summed E-state index contributed by atoms with van der Waals surface area (Å²) in [5, 5.41) is 11.6. The number of hydrogen-bond donors (Lipinski definition) is 1. The number of esters is 1. The average Bonchev–Trinajstić information content (AvgIpc) is 3.14. The molecule has 178 valence electrons. The molecule has 0 spiro atoms. The van der Waals surface area contributed by atoms with Crippen LogP contribution in [0.25, 0.3) is 5.76 Å². The zero-order valence-electron chi connectivity index (χ0n) is 19.0. The monoisotopic (exact) mass is 491 g/mol. The Morgan fingerprint density at radius 2 is 1.54 bits per heavy atom. The molecule has 0 unspecified atom stereocenters. The van der Waals surface area contributed by atoms with Crippen molar-refractivity contribution in [3.63, 3.8) is 0 Å². The summed E-state index contributed by atoms with van der Waals surface area (Å²) < 4.78 is 10.2. The summed E-state index contributed by atoms with van der Waals surface area (Å²) in [4.78, 5) is 39.8. The van der Waals surface area contributed by atoms with Gasteiger partial charge in [0.25, 0.3) is 11.7 Å². The highest BCUT2D eigenvalue weighted by atomic mass is 35.5. The van der Waals surface area contributed by atoms with Crippen LogP contribution in [0.4, 0.5) is 5.69 Å². The Bertz CT molecular complexity index is 1300. The van der Waals surface area contributed by atoms with Crippen LogP contribution in [0.2, 0.25) is 5.02 Å². The Morgan fingerprint density at radius 3 is 2.11 bits per heavy atom. The molecule has 0 saturated carbocycles. The van der Waals surface area contributed by atoms with E-state index in [1.807, 2.05) is 0 Å². The molecule has 35 heavy (non-hydrogen) atoms. The van der Waals surface area contributed by atoms with Gasteiger partial charge in [-0.3, -0.25) is 14.5 Å². The Balaban J connectivity index is 1.85. The molecule has 0 aromatic heterocycles. The van der Waals surface area contributed by atoms with Crippen LogP contribution in [0, 0.1) is 0 Å². The van der Waals surface area contributed by atoms with E-state index in [4.69, 9.17) is 21.1 Å². The first kappa shape index (κ1) is 24.0. The minimum Gasteiger partial charge on any atom is -0.507 e. The summed E-state index contributed by atoms with van der Waals surface area (Å²) in [6.07, 6.45) is 0. The Morgan fingerprint density at radius 1 is 0.943 bits per heavy atom. The van der Waals surface area contributed by atoms with Crippen molar-refractivity contribution < 1.29 is 29.0 Å². The highest BCUT2D eigenvalue weighted by Gasteiger charge is 2.47. The summed E-state index contributed by atoms with van der Waals surface area (Å²) in [6, 6.07) is 18.5. The number of ether oxygens (including phenoxy) is 2. The number of amides is 1. The van der Waals surface area contributed by atoms with Gasteiger partial charge in [0.15, 0.2) is 0 Å². The fraction of sp³-hybridized carbons (Fsp3) is 0.148. The third-order valence-corrected chi connectivity index (χ3v) is 5.90. The van der Waals surface area contributed by atoms with Crippen LogP contribution in [0.3, 0.4) is 0 Å². The molecule has 0 bridgehead atoms. The van der Waals surface area contributed by atoms with Crippen molar-refractivity contribution in [3.8, 4) is 5.75 Å². The number of methoxy groups -OCH3 is 1. The van der Waals surface area contributed by atoms with Crippen LogP contribution in [-0.4, -0.2) is 36.5 Å². The first-order valence-electron chi connectivity index (χ1n) is 10.8. The quantitative estimate of drug-likeness (QED) is 0.222. The number of nitrogens with zero attached hydrogens (tertiary/aromatic N) is 1. The number of hydrogen-bond acceptors (Lipinski definition) is 6. The molecule has 8 heteroatoms. The number of aliphatic hydroxyl groups excluding tert-OH is 1. The van der Waals surface area contributed by atoms with E-state index < -0.39 is 23.7 Å². The molecule has 1 heterocycles. The number of halogens is 1. The lowest BCUT2D eigenvalue weighted by molar-refractivity contribution is -0.132. The van der Waals surface area contributed by atoms with Crippen LogP contribution in [-0.2, 0) is 14.3 Å². The third kappa shape index (κ3) is 4.63. The number of anilines is 1. The first-order chi connectivity index (χ1) is 16.8. The smallest absolute Gasteiger partial charge is 0.338 e. The van der Waals surface area contributed by atoms with Crippen molar-refractivity contribution in [2.75, 3.05) is 18.6 Å². The number of carbonyl (C=O) groups is 3. The topological polar surface area (TPSA) is 93.1 Å². The number of ketones is 1. The van der Waals surface area contributed by atoms with Gasteiger partial charge in [-0.2, -0.15) is 0 Å². The molecule has 1 aliphatic rings. The Hall–Kier alpha value is -4.10. The van der Waals surface area contributed by atoms with Crippen LogP contribution in [0.1, 0.15) is 34.5 Å². The van der Waals surface area contributed by atoms with Gasteiger partial charge in [0.1, 0.15) is 11.5 Å². The highest BCUT2D eigenvalue weighted by Crippen LogP contribution is 2.42. The molecule has 0 aliphatic carbocycles. The van der Waals surface area contributed by atoms with E-state index in [2.05, 4.69) is 0 Å². The molecule has 4 rings (SSSR count). The van der Waals surface area contributed by atoms with E-state index in [1.54, 1.807) is 67.6 Å². The van der Waals surface area contributed by atoms with Crippen LogP contribution in [0.5, 0.6) is 5.75 Å². The molecule has 1 aliphatic heterocycles. The lowest BCUT2D eigenvalue weighted by Crippen LogP contribution is -2.29. The highest BCUT2D eigenvalue weighted by molar-refractivity contribution is 6.51. The molecule has 1 fully saturated rings. The molecular weight excluding hydrogens is 470 g/mol. The van der Waals surface area contributed by atoms with Crippen molar-refractivity contribution in [2.24, 2.45) is 0 Å². The molecular formula is C27H22ClNO6. The fourth-order valence-corrected chi connectivity index (χ4v) is 4.06. The summed E-state index contributed by atoms with van der Waals surface area (Å²) in [5.41, 5.74) is 1.58. The lowest BCUT2D eigenvalue weighted by atomic mass is 9.95. The van der Waals surface area contributed by atoms with Gasteiger partial charge in [-0.1, -0.05) is 23.7 Å². The summed E-state index contributed by atoms with van der Waals surface area (Å²) >= 11 is 5.97. The molecule has 1 atom stereocenters. The van der Waals surface area contributed by atoms with Gasteiger partial charge in [-0.15, -0.1) is 0 Å². The van der Waals surface area contributed by atoms with Gasteiger partial charge in [0.05, 0.1) is 30.9 Å². The predicted octanol–water partition coefficient (Wildman–Crippen LogP) is 5.15. The Kier molecular flexibility index (Phi) is 6.89. The zero-order chi connectivity index (χ0) is 25.1. The molecule has 3 aromatic carbocycles. The van der Waals surface area contributed by atoms with Crippen LogP contribution < -0.4 is 9.64 Å². The Labute approximate surface area is 207 Å². The van der Waals surface area contributed by atoms with E-state index >= 15 is 0 Å². The molecule has 1 saturated heterocycles. The van der Waals surface area contributed by atoms with Crippen molar-refractivity contribution in [1.29, 1.82) is 0 Å². The summed E-state index contributed by atoms with van der Waals surface area (Å²) in [7, 11) is 1.53. The van der Waals surface area contributed by atoms with Gasteiger partial charge >= 0.3 is 5.97 Å². The molecule has 3 aromatic rings. The maximum absolute atomic E-state index is 13.2. The largest absolute Gasteiger partial charge is 0.507 e. The van der Waals surface area contributed by atoms with E-state index in [0.717, 1.165) is 0 Å². The molecule has 7 nitrogen and oxygen atoms in total. The van der Waals surface area contributed by atoms with Gasteiger partial charge in [0, 0.05) is 16.3 Å². The fourth-order valence-electron chi connectivity index (χ4n) is 3.94. The number of carbonyl (C=O) groups excluding carboxylic acids is 3. The lowest BCUT2D eigenvalue weighted by Gasteiger charge is -2.25. The van der Waals surface area contributed by atoms with Crippen molar-refractivity contribution in [3.05, 3.63) is 100 Å². The summed E-state index contributed by atoms with van der Waals surface area (Å²) in [6.45, 7) is 1.94. The third-order valence-electron chi connectivity index (χ3n) is 5.65.